The molecule has 0 spiro atoms. The highest BCUT2D eigenvalue weighted by atomic mass is 16.1. The Balaban J connectivity index is 1.62. The minimum atomic E-state index is -0.376. The number of carbonyl (C=O) groups is 1. The molecule has 4 aromatic rings. The van der Waals surface area contributed by atoms with Crippen molar-refractivity contribution < 1.29 is 4.79 Å². The molecule has 0 aliphatic carbocycles. The lowest BCUT2D eigenvalue weighted by Crippen LogP contribution is -2.13. The molecule has 0 radical (unpaired) electrons. The third-order valence-electron chi connectivity index (χ3n) is 5.66. The number of nitrogen functional groups attached to an aromatic ring is 1. The molecular weight excluding hydrogens is 388 g/mol. The Labute approximate surface area is 181 Å². The van der Waals surface area contributed by atoms with Crippen molar-refractivity contribution in [2.45, 2.75) is 52.0 Å². The number of nitrogens with zero attached hydrogens (tertiary/aromatic N) is 4. The highest BCUT2D eigenvalue weighted by Crippen LogP contribution is 2.28. The number of aromatic nitrogens is 4. The van der Waals surface area contributed by atoms with E-state index in [1.54, 1.807) is 12.3 Å². The van der Waals surface area contributed by atoms with Crippen molar-refractivity contribution in [2.24, 2.45) is 5.73 Å². The van der Waals surface area contributed by atoms with E-state index in [2.05, 4.69) is 21.5 Å². The first-order valence-corrected chi connectivity index (χ1v) is 10.9. The summed E-state index contributed by atoms with van der Waals surface area (Å²) in [6.45, 7) is 2.99. The van der Waals surface area contributed by atoms with E-state index in [1.165, 1.54) is 0 Å². The molecule has 4 N–H and O–H groups in total. The second-order valence-corrected chi connectivity index (χ2v) is 7.83. The van der Waals surface area contributed by atoms with E-state index >= 15 is 0 Å². The number of benzene rings is 1. The number of nitrogens with two attached hydrogens (primary N) is 2. The fraction of sp³-hybridized carbons (Fsp3) is 0.333. The maximum absolute atomic E-state index is 11.7. The lowest BCUT2D eigenvalue weighted by molar-refractivity contribution is 0.0999. The number of carbonyl (C=O) groups excluding carboxylic acids is 1. The van der Waals surface area contributed by atoms with Gasteiger partial charge in [-0.3, -0.25) is 9.78 Å². The van der Waals surface area contributed by atoms with E-state index in [-0.39, 0.29) is 5.91 Å². The van der Waals surface area contributed by atoms with Crippen molar-refractivity contribution in [1.82, 2.24) is 19.5 Å². The SMILES string of the molecule is CCCCc1nc2c(N)nc3cccnc3c2n1CCCCc1ccccc1C(N)=O. The van der Waals surface area contributed by atoms with Crippen LogP contribution < -0.4 is 11.5 Å². The number of rotatable bonds is 9. The molecule has 31 heavy (non-hydrogen) atoms. The topological polar surface area (TPSA) is 113 Å². The molecular formula is C24H28N6O. The van der Waals surface area contributed by atoms with Crippen LogP contribution in [0.5, 0.6) is 0 Å². The Morgan fingerprint density at radius 2 is 1.84 bits per heavy atom. The maximum Gasteiger partial charge on any atom is 0.248 e. The van der Waals surface area contributed by atoms with Gasteiger partial charge in [0.25, 0.3) is 0 Å². The van der Waals surface area contributed by atoms with Gasteiger partial charge in [0.15, 0.2) is 5.82 Å². The smallest absolute Gasteiger partial charge is 0.248 e. The Bertz CT molecular complexity index is 1230. The lowest BCUT2D eigenvalue weighted by Gasteiger charge is -2.11. The van der Waals surface area contributed by atoms with Crippen LogP contribution in [0.2, 0.25) is 0 Å². The molecule has 160 valence electrons. The Kier molecular flexibility index (Phi) is 6.11. The highest BCUT2D eigenvalue weighted by Gasteiger charge is 2.17. The zero-order valence-corrected chi connectivity index (χ0v) is 17.8. The number of imidazole rings is 1. The Morgan fingerprint density at radius 3 is 2.65 bits per heavy atom. The van der Waals surface area contributed by atoms with Crippen molar-refractivity contribution in [2.75, 3.05) is 5.73 Å². The van der Waals surface area contributed by atoms with Gasteiger partial charge < -0.3 is 16.0 Å². The van der Waals surface area contributed by atoms with Gasteiger partial charge in [0.2, 0.25) is 5.91 Å². The molecule has 0 aliphatic heterocycles. The monoisotopic (exact) mass is 416 g/mol. The molecule has 3 heterocycles. The summed E-state index contributed by atoms with van der Waals surface area (Å²) < 4.78 is 2.26. The molecule has 4 rings (SSSR count). The van der Waals surface area contributed by atoms with Crippen molar-refractivity contribution in [3.63, 3.8) is 0 Å². The minimum Gasteiger partial charge on any atom is -0.382 e. The molecule has 7 nitrogen and oxygen atoms in total. The van der Waals surface area contributed by atoms with E-state index in [9.17, 15) is 4.79 Å². The molecule has 7 heteroatoms. The summed E-state index contributed by atoms with van der Waals surface area (Å²) in [7, 11) is 0. The Morgan fingerprint density at radius 1 is 1.00 bits per heavy atom. The summed E-state index contributed by atoms with van der Waals surface area (Å²) in [6, 6.07) is 11.4. The largest absolute Gasteiger partial charge is 0.382 e. The van der Waals surface area contributed by atoms with Crippen LogP contribution in [0.25, 0.3) is 22.1 Å². The number of hydrogen-bond donors (Lipinski definition) is 2. The average Bonchev–Trinajstić information content (AvgIpc) is 3.15. The van der Waals surface area contributed by atoms with Crippen LogP contribution in [0, 0.1) is 0 Å². The van der Waals surface area contributed by atoms with Gasteiger partial charge in [-0.05, 0) is 49.4 Å². The fourth-order valence-corrected chi connectivity index (χ4v) is 4.10. The zero-order chi connectivity index (χ0) is 21.8. The lowest BCUT2D eigenvalue weighted by atomic mass is 10.0. The number of primary amides is 1. The molecule has 0 aliphatic rings. The summed E-state index contributed by atoms with van der Waals surface area (Å²) >= 11 is 0. The second kappa shape index (κ2) is 9.12. The first kappa shape index (κ1) is 20.8. The standard InChI is InChI=1S/C24H28N6O/c1-2-3-13-19-29-21-22(20-18(28-23(21)25)12-8-14-27-20)30(19)15-7-6-10-16-9-4-5-11-17(16)24(26)31/h4-5,8-9,11-12,14H,2-3,6-7,10,13,15H2,1H3,(H2,25,28)(H2,26,31). The van der Waals surface area contributed by atoms with Gasteiger partial charge in [0.05, 0.1) is 5.52 Å². The molecule has 0 saturated heterocycles. The predicted molar refractivity (Wildman–Crippen MR) is 124 cm³/mol. The van der Waals surface area contributed by atoms with Crippen LogP contribution in [0.3, 0.4) is 0 Å². The van der Waals surface area contributed by atoms with Gasteiger partial charge in [-0.25, -0.2) is 9.97 Å². The fourth-order valence-electron chi connectivity index (χ4n) is 4.10. The molecule has 1 aromatic carbocycles. The summed E-state index contributed by atoms with van der Waals surface area (Å²) in [5.74, 6) is 1.10. The highest BCUT2D eigenvalue weighted by molar-refractivity contribution is 6.04. The predicted octanol–water partition coefficient (Wildman–Crippen LogP) is 4.03. The normalized spacial score (nSPS) is 11.4. The van der Waals surface area contributed by atoms with Crippen molar-refractivity contribution in [1.29, 1.82) is 0 Å². The first-order valence-electron chi connectivity index (χ1n) is 10.9. The van der Waals surface area contributed by atoms with Crippen molar-refractivity contribution in [3.05, 3.63) is 59.5 Å². The van der Waals surface area contributed by atoms with Crippen LogP contribution in [-0.4, -0.2) is 25.4 Å². The number of amides is 1. The molecule has 1 amide bonds. The summed E-state index contributed by atoms with van der Waals surface area (Å²) in [6.07, 6.45) is 7.51. The maximum atomic E-state index is 11.7. The van der Waals surface area contributed by atoms with Crippen LogP contribution >= 0.6 is 0 Å². The minimum absolute atomic E-state index is 0.376. The molecule has 3 aromatic heterocycles. The number of anilines is 1. The van der Waals surface area contributed by atoms with E-state index in [4.69, 9.17) is 16.5 Å². The van der Waals surface area contributed by atoms with Gasteiger partial charge in [-0.2, -0.15) is 0 Å². The zero-order valence-electron chi connectivity index (χ0n) is 17.8. The summed E-state index contributed by atoms with van der Waals surface area (Å²) in [4.78, 5) is 25.6. The summed E-state index contributed by atoms with van der Waals surface area (Å²) in [5.41, 5.74) is 16.7. The van der Waals surface area contributed by atoms with E-state index in [0.29, 0.717) is 11.4 Å². The van der Waals surface area contributed by atoms with E-state index < -0.39 is 0 Å². The number of hydrogen-bond acceptors (Lipinski definition) is 5. The summed E-state index contributed by atoms with van der Waals surface area (Å²) in [5, 5.41) is 0. The molecule has 0 unspecified atom stereocenters. The third-order valence-corrected chi connectivity index (χ3v) is 5.66. The van der Waals surface area contributed by atoms with Gasteiger partial charge in [-0.15, -0.1) is 0 Å². The first-order chi connectivity index (χ1) is 15.1. The van der Waals surface area contributed by atoms with Crippen LogP contribution in [0.4, 0.5) is 5.82 Å². The van der Waals surface area contributed by atoms with Crippen LogP contribution in [0.1, 0.15) is 54.4 Å². The molecule has 0 atom stereocenters. The van der Waals surface area contributed by atoms with Gasteiger partial charge >= 0.3 is 0 Å². The van der Waals surface area contributed by atoms with Gasteiger partial charge in [-0.1, -0.05) is 31.5 Å². The number of fused-ring (bicyclic) bond motifs is 3. The van der Waals surface area contributed by atoms with E-state index in [1.807, 2.05) is 30.3 Å². The number of aryl methyl sites for hydroxylation is 3. The number of unbranched alkanes of at least 4 members (excludes halogenated alkanes) is 2. The van der Waals surface area contributed by atoms with Gasteiger partial charge in [0.1, 0.15) is 22.4 Å². The van der Waals surface area contributed by atoms with E-state index in [0.717, 1.165) is 78.5 Å². The van der Waals surface area contributed by atoms with Crippen LogP contribution in [-0.2, 0) is 19.4 Å². The Hall–Kier alpha value is -3.48. The van der Waals surface area contributed by atoms with Crippen LogP contribution in [0.15, 0.2) is 42.6 Å². The van der Waals surface area contributed by atoms with Crippen molar-refractivity contribution >= 4 is 33.8 Å². The van der Waals surface area contributed by atoms with Crippen molar-refractivity contribution in [3.8, 4) is 0 Å². The third kappa shape index (κ3) is 4.21. The second-order valence-electron chi connectivity index (χ2n) is 7.83. The van der Waals surface area contributed by atoms with Gasteiger partial charge in [0, 0.05) is 24.7 Å². The molecule has 0 fully saturated rings. The average molecular weight is 417 g/mol. The quantitative estimate of drug-likeness (QED) is 0.400. The molecule has 0 saturated carbocycles. The number of pyridine rings is 2. The molecule has 0 bridgehead atoms.